The highest BCUT2D eigenvalue weighted by atomic mass is 16.4. The van der Waals surface area contributed by atoms with Gasteiger partial charge >= 0.3 is 5.97 Å². The van der Waals surface area contributed by atoms with Gasteiger partial charge in [0.05, 0.1) is 29.7 Å². The van der Waals surface area contributed by atoms with E-state index in [2.05, 4.69) is 15.3 Å². The lowest BCUT2D eigenvalue weighted by Crippen LogP contribution is -2.52. The van der Waals surface area contributed by atoms with Crippen molar-refractivity contribution < 1.29 is 14.7 Å². The minimum absolute atomic E-state index is 0.00963. The fraction of sp³-hybridized carbons (Fsp3) is 0.615. The molecule has 0 spiro atoms. The number of nitrogens with zero attached hydrogens (tertiary/aromatic N) is 2. The maximum atomic E-state index is 12.5. The summed E-state index contributed by atoms with van der Waals surface area (Å²) in [7, 11) is 0. The van der Waals surface area contributed by atoms with E-state index in [1.54, 1.807) is 11.2 Å². The van der Waals surface area contributed by atoms with Gasteiger partial charge in [0, 0.05) is 26.1 Å². The van der Waals surface area contributed by atoms with Crippen LogP contribution in [0.3, 0.4) is 0 Å². The van der Waals surface area contributed by atoms with Crippen LogP contribution in [-0.4, -0.2) is 51.0 Å². The molecule has 2 atom stereocenters. The van der Waals surface area contributed by atoms with Gasteiger partial charge in [-0.1, -0.05) is 0 Å². The van der Waals surface area contributed by atoms with Gasteiger partial charge in [0.25, 0.3) is 0 Å². The third kappa shape index (κ3) is 2.40. The molecule has 0 aromatic carbocycles. The molecule has 1 saturated heterocycles. The van der Waals surface area contributed by atoms with E-state index in [0.717, 1.165) is 17.8 Å². The van der Waals surface area contributed by atoms with Crippen molar-refractivity contribution in [2.45, 2.75) is 31.8 Å². The number of piperidine rings is 1. The Morgan fingerprint density at radius 2 is 2.30 bits per heavy atom. The monoisotopic (exact) mass is 278 g/mol. The van der Waals surface area contributed by atoms with Crippen LogP contribution in [0, 0.1) is 5.92 Å². The van der Waals surface area contributed by atoms with Crippen molar-refractivity contribution in [3.63, 3.8) is 0 Å². The molecule has 7 nitrogen and oxygen atoms in total. The van der Waals surface area contributed by atoms with E-state index in [1.807, 2.05) is 0 Å². The Balaban J connectivity index is 1.66. The van der Waals surface area contributed by atoms with Crippen molar-refractivity contribution in [1.82, 2.24) is 20.2 Å². The minimum atomic E-state index is -0.811. The van der Waals surface area contributed by atoms with E-state index in [4.69, 9.17) is 5.11 Å². The second-order valence-corrected chi connectivity index (χ2v) is 5.43. The number of carbonyl (C=O) groups excluding carboxylic acids is 1. The molecule has 0 bridgehead atoms. The molecule has 1 unspecified atom stereocenters. The summed E-state index contributed by atoms with van der Waals surface area (Å²) in [6, 6.07) is -0.293. The predicted molar refractivity (Wildman–Crippen MR) is 69.9 cm³/mol. The van der Waals surface area contributed by atoms with Crippen LogP contribution in [-0.2, 0) is 22.6 Å². The number of fused-ring (bicyclic) bond motifs is 1. The molecule has 3 N–H and O–H groups in total. The third-order valence-electron chi connectivity index (χ3n) is 4.11. The number of aliphatic carboxylic acids is 1. The van der Waals surface area contributed by atoms with Gasteiger partial charge in [-0.2, -0.15) is 0 Å². The van der Waals surface area contributed by atoms with E-state index in [0.29, 0.717) is 32.5 Å². The van der Waals surface area contributed by atoms with Crippen LogP contribution < -0.4 is 5.32 Å². The van der Waals surface area contributed by atoms with Gasteiger partial charge < -0.3 is 15.0 Å². The second-order valence-electron chi connectivity index (χ2n) is 5.43. The van der Waals surface area contributed by atoms with Gasteiger partial charge in [0.1, 0.15) is 0 Å². The highest BCUT2D eigenvalue weighted by Gasteiger charge is 2.33. The fourth-order valence-corrected chi connectivity index (χ4v) is 2.94. The van der Waals surface area contributed by atoms with Crippen molar-refractivity contribution in [3.8, 4) is 0 Å². The third-order valence-corrected chi connectivity index (χ3v) is 4.11. The number of hydrogen-bond donors (Lipinski definition) is 3. The van der Waals surface area contributed by atoms with Crippen molar-refractivity contribution in [2.24, 2.45) is 5.92 Å². The first-order valence-corrected chi connectivity index (χ1v) is 6.91. The van der Waals surface area contributed by atoms with Gasteiger partial charge in [-0.25, -0.2) is 4.98 Å². The number of carboxylic acids is 1. The molecular formula is C13H18N4O3. The number of H-pyrrole nitrogens is 1. The Morgan fingerprint density at radius 1 is 1.45 bits per heavy atom. The quantitative estimate of drug-likeness (QED) is 0.693. The Morgan fingerprint density at radius 3 is 3.10 bits per heavy atom. The van der Waals surface area contributed by atoms with Crippen molar-refractivity contribution >= 4 is 11.9 Å². The molecule has 0 saturated carbocycles. The maximum absolute atomic E-state index is 12.5. The smallest absolute Gasteiger partial charge is 0.308 e. The molecule has 3 heterocycles. The van der Waals surface area contributed by atoms with Gasteiger partial charge in [-0.05, 0) is 12.8 Å². The largest absolute Gasteiger partial charge is 0.481 e. The summed E-state index contributed by atoms with van der Waals surface area (Å²) in [5.74, 6) is -1.25. The van der Waals surface area contributed by atoms with Gasteiger partial charge in [0.15, 0.2) is 0 Å². The molecule has 1 aromatic rings. The number of carboxylic acid groups (broad SMARTS) is 1. The molecule has 1 amide bonds. The standard InChI is InChI=1S/C13H18N4O3/c18-12(17-3-1-2-8(6-17)13(19)20)10-4-9-11(5-14-10)16-7-15-9/h7-8,10,14H,1-6H2,(H,15,16)(H,19,20)/t8-,10?/m0/s1. The van der Waals surface area contributed by atoms with Crippen LogP contribution in [0.1, 0.15) is 24.2 Å². The Bertz CT molecular complexity index is 527. The van der Waals surface area contributed by atoms with E-state index in [1.165, 1.54) is 0 Å². The zero-order chi connectivity index (χ0) is 14.1. The molecule has 108 valence electrons. The van der Waals surface area contributed by atoms with Gasteiger partial charge in [-0.3, -0.25) is 14.9 Å². The van der Waals surface area contributed by atoms with Gasteiger partial charge in [0.2, 0.25) is 5.91 Å². The summed E-state index contributed by atoms with van der Waals surface area (Å²) in [4.78, 5) is 32.5. The number of nitrogens with one attached hydrogen (secondary N) is 2. The summed E-state index contributed by atoms with van der Waals surface area (Å²) in [5.41, 5.74) is 1.95. The van der Waals surface area contributed by atoms with E-state index in [-0.39, 0.29) is 11.9 Å². The molecule has 3 rings (SSSR count). The van der Waals surface area contributed by atoms with E-state index >= 15 is 0 Å². The summed E-state index contributed by atoms with van der Waals surface area (Å²) in [6.45, 7) is 1.57. The van der Waals surface area contributed by atoms with Crippen LogP contribution in [0.15, 0.2) is 6.33 Å². The number of amides is 1. The first-order chi connectivity index (χ1) is 9.65. The average molecular weight is 278 g/mol. The molecule has 7 heteroatoms. The Hall–Kier alpha value is -1.89. The number of aromatic amines is 1. The van der Waals surface area contributed by atoms with Crippen molar-refractivity contribution in [2.75, 3.05) is 13.1 Å². The van der Waals surface area contributed by atoms with E-state index in [9.17, 15) is 9.59 Å². The predicted octanol–water partition coefficient (Wildman–Crippen LogP) is -0.253. The summed E-state index contributed by atoms with van der Waals surface area (Å²) < 4.78 is 0. The second kappa shape index (κ2) is 5.24. The molecule has 2 aliphatic rings. The van der Waals surface area contributed by atoms with E-state index < -0.39 is 11.9 Å². The lowest BCUT2D eigenvalue weighted by atomic mass is 9.96. The molecule has 1 fully saturated rings. The molecule has 0 radical (unpaired) electrons. The number of hydrogen-bond acceptors (Lipinski definition) is 4. The van der Waals surface area contributed by atoms with Crippen LogP contribution >= 0.6 is 0 Å². The Labute approximate surface area is 116 Å². The van der Waals surface area contributed by atoms with Crippen molar-refractivity contribution in [1.29, 1.82) is 0 Å². The maximum Gasteiger partial charge on any atom is 0.308 e. The number of rotatable bonds is 2. The van der Waals surface area contributed by atoms with Crippen LogP contribution in [0.2, 0.25) is 0 Å². The highest BCUT2D eigenvalue weighted by Crippen LogP contribution is 2.20. The lowest BCUT2D eigenvalue weighted by molar-refractivity contribution is -0.146. The van der Waals surface area contributed by atoms with Crippen LogP contribution in [0.4, 0.5) is 0 Å². The average Bonchev–Trinajstić information content (AvgIpc) is 2.94. The molecule has 1 aromatic heterocycles. The van der Waals surface area contributed by atoms with Gasteiger partial charge in [-0.15, -0.1) is 0 Å². The first-order valence-electron chi connectivity index (χ1n) is 6.91. The summed E-state index contributed by atoms with van der Waals surface area (Å²) in [5, 5.41) is 12.3. The lowest BCUT2D eigenvalue weighted by Gasteiger charge is -2.34. The fourth-order valence-electron chi connectivity index (χ4n) is 2.94. The minimum Gasteiger partial charge on any atom is -0.481 e. The summed E-state index contributed by atoms with van der Waals surface area (Å²) in [6.07, 6.45) is 3.61. The zero-order valence-electron chi connectivity index (χ0n) is 11.1. The highest BCUT2D eigenvalue weighted by molar-refractivity contribution is 5.83. The topological polar surface area (TPSA) is 98.3 Å². The van der Waals surface area contributed by atoms with Crippen molar-refractivity contribution in [3.05, 3.63) is 17.7 Å². The molecule has 0 aliphatic carbocycles. The zero-order valence-corrected chi connectivity index (χ0v) is 11.1. The summed E-state index contributed by atoms with van der Waals surface area (Å²) >= 11 is 0. The number of carbonyl (C=O) groups is 2. The number of aromatic nitrogens is 2. The molecule has 20 heavy (non-hydrogen) atoms. The normalized spacial score (nSPS) is 26.1. The Kier molecular flexibility index (Phi) is 3.43. The van der Waals surface area contributed by atoms with Crippen LogP contribution in [0.5, 0.6) is 0 Å². The molecular weight excluding hydrogens is 260 g/mol. The first kappa shape index (κ1) is 13.1. The SMILES string of the molecule is O=C(O)[C@H]1CCCN(C(=O)C2Cc3nc[nH]c3CN2)C1. The number of likely N-dealkylation sites (tertiary alicyclic amines) is 1. The number of imidazole rings is 1. The van der Waals surface area contributed by atoms with Crippen LogP contribution in [0.25, 0.3) is 0 Å². The molecule has 2 aliphatic heterocycles.